The van der Waals surface area contributed by atoms with E-state index in [1.807, 2.05) is 10.9 Å². The summed E-state index contributed by atoms with van der Waals surface area (Å²) < 4.78 is 1.83. The Hall–Kier alpha value is -2.09. The first kappa shape index (κ1) is 20.2. The van der Waals surface area contributed by atoms with Crippen LogP contribution in [-0.2, 0) is 4.79 Å². The van der Waals surface area contributed by atoms with Gasteiger partial charge in [0.05, 0.1) is 17.4 Å². The molecule has 7 nitrogen and oxygen atoms in total. The topological polar surface area (TPSA) is 88.0 Å². The summed E-state index contributed by atoms with van der Waals surface area (Å²) in [5, 5.41) is 13.6. The smallest absolute Gasteiger partial charge is 0.276 e. The lowest BCUT2D eigenvalue weighted by Crippen LogP contribution is -2.32. The van der Waals surface area contributed by atoms with E-state index in [1.54, 1.807) is 24.3 Å². The van der Waals surface area contributed by atoms with Crippen LogP contribution in [0.5, 0.6) is 0 Å². The van der Waals surface area contributed by atoms with E-state index in [-0.39, 0.29) is 30.3 Å². The SMILES string of the molecule is CC(=O)Nc1cc(Cl)ccc1NC(=O)c1ccn(C2CCCNC2)n1.Cl. The molecular weight excluding hydrogens is 377 g/mol. The molecule has 140 valence electrons. The van der Waals surface area contributed by atoms with Crippen LogP contribution < -0.4 is 16.0 Å². The number of aromatic nitrogens is 2. The summed E-state index contributed by atoms with van der Waals surface area (Å²) in [5.41, 5.74) is 1.25. The predicted molar refractivity (Wildman–Crippen MR) is 104 cm³/mol. The van der Waals surface area contributed by atoms with Crippen molar-refractivity contribution in [3.8, 4) is 0 Å². The Morgan fingerprint density at radius 2 is 2.08 bits per heavy atom. The zero-order valence-electron chi connectivity index (χ0n) is 14.3. The third-order valence-electron chi connectivity index (χ3n) is 4.03. The zero-order valence-corrected chi connectivity index (χ0v) is 15.9. The van der Waals surface area contributed by atoms with Gasteiger partial charge in [-0.25, -0.2) is 0 Å². The minimum Gasteiger partial charge on any atom is -0.324 e. The summed E-state index contributed by atoms with van der Waals surface area (Å²) >= 11 is 5.96. The Morgan fingerprint density at radius 3 is 2.77 bits per heavy atom. The summed E-state index contributed by atoms with van der Waals surface area (Å²) in [4.78, 5) is 23.8. The van der Waals surface area contributed by atoms with E-state index in [0.717, 1.165) is 25.9 Å². The Kier molecular flexibility index (Phi) is 7.02. The maximum absolute atomic E-state index is 12.5. The largest absolute Gasteiger partial charge is 0.324 e. The lowest BCUT2D eigenvalue weighted by atomic mass is 10.1. The molecule has 0 bridgehead atoms. The summed E-state index contributed by atoms with van der Waals surface area (Å²) in [6, 6.07) is 6.84. The number of rotatable bonds is 4. The van der Waals surface area contributed by atoms with Crippen molar-refractivity contribution in [2.24, 2.45) is 0 Å². The molecule has 3 rings (SSSR count). The summed E-state index contributed by atoms with van der Waals surface area (Å²) in [7, 11) is 0. The van der Waals surface area contributed by atoms with Crippen molar-refractivity contribution in [1.82, 2.24) is 15.1 Å². The third kappa shape index (κ3) is 4.97. The molecule has 1 aromatic carbocycles. The highest BCUT2D eigenvalue weighted by Crippen LogP contribution is 2.26. The second-order valence-electron chi connectivity index (χ2n) is 6.01. The van der Waals surface area contributed by atoms with Gasteiger partial charge in [0.25, 0.3) is 5.91 Å². The fraction of sp³-hybridized carbons (Fsp3) is 0.353. The van der Waals surface area contributed by atoms with Crippen LogP contribution in [0.15, 0.2) is 30.5 Å². The first-order valence-corrected chi connectivity index (χ1v) is 8.55. The molecule has 1 aliphatic rings. The number of benzene rings is 1. The number of nitrogens with zero attached hydrogens (tertiary/aromatic N) is 2. The fourth-order valence-electron chi connectivity index (χ4n) is 2.83. The molecule has 1 atom stereocenters. The van der Waals surface area contributed by atoms with Crippen molar-refractivity contribution in [3.05, 3.63) is 41.2 Å². The summed E-state index contributed by atoms with van der Waals surface area (Å²) in [6.45, 7) is 3.27. The third-order valence-corrected chi connectivity index (χ3v) is 4.26. The minimum absolute atomic E-state index is 0. The van der Waals surface area contributed by atoms with Crippen LogP contribution in [0, 0.1) is 0 Å². The number of carbonyl (C=O) groups is 2. The average molecular weight is 398 g/mol. The molecule has 3 N–H and O–H groups in total. The molecule has 9 heteroatoms. The van der Waals surface area contributed by atoms with Gasteiger partial charge in [-0.05, 0) is 43.7 Å². The Bertz CT molecular complexity index is 787. The highest BCUT2D eigenvalue weighted by atomic mass is 35.5. The fourth-order valence-corrected chi connectivity index (χ4v) is 3.00. The molecule has 2 aromatic rings. The van der Waals surface area contributed by atoms with Crippen LogP contribution in [-0.4, -0.2) is 34.7 Å². The van der Waals surface area contributed by atoms with E-state index < -0.39 is 0 Å². The summed E-state index contributed by atoms with van der Waals surface area (Å²) in [5.74, 6) is -0.580. The lowest BCUT2D eigenvalue weighted by molar-refractivity contribution is -0.114. The first-order chi connectivity index (χ1) is 12.0. The van der Waals surface area contributed by atoms with Gasteiger partial charge in [-0.1, -0.05) is 11.6 Å². The van der Waals surface area contributed by atoms with Crippen molar-refractivity contribution < 1.29 is 9.59 Å². The molecule has 2 amide bonds. The Morgan fingerprint density at radius 1 is 1.27 bits per heavy atom. The predicted octanol–water partition coefficient (Wildman–Crippen LogP) is 3.09. The van der Waals surface area contributed by atoms with Gasteiger partial charge in [-0.15, -0.1) is 12.4 Å². The molecule has 1 aromatic heterocycles. The van der Waals surface area contributed by atoms with Crippen LogP contribution in [0.3, 0.4) is 0 Å². The number of halogens is 2. The van der Waals surface area contributed by atoms with Crippen molar-refractivity contribution in [2.75, 3.05) is 23.7 Å². The van der Waals surface area contributed by atoms with E-state index >= 15 is 0 Å². The molecular formula is C17H21Cl2N5O2. The van der Waals surface area contributed by atoms with Crippen LogP contribution in [0.2, 0.25) is 5.02 Å². The normalized spacial score (nSPS) is 16.5. The Labute approximate surface area is 162 Å². The van der Waals surface area contributed by atoms with Gasteiger partial charge in [0, 0.05) is 24.7 Å². The van der Waals surface area contributed by atoms with Gasteiger partial charge in [0.1, 0.15) is 0 Å². The first-order valence-electron chi connectivity index (χ1n) is 8.17. The molecule has 1 fully saturated rings. The van der Waals surface area contributed by atoms with Crippen LogP contribution in [0.4, 0.5) is 11.4 Å². The van der Waals surface area contributed by atoms with Crippen LogP contribution in [0.25, 0.3) is 0 Å². The second kappa shape index (κ2) is 9.02. The molecule has 2 heterocycles. The van der Waals surface area contributed by atoms with Gasteiger partial charge in [-0.3, -0.25) is 14.3 Å². The summed E-state index contributed by atoms with van der Waals surface area (Å²) in [6.07, 6.45) is 3.96. The number of hydrogen-bond acceptors (Lipinski definition) is 4. The van der Waals surface area contributed by atoms with E-state index in [4.69, 9.17) is 11.6 Å². The van der Waals surface area contributed by atoms with E-state index in [1.165, 1.54) is 6.92 Å². The van der Waals surface area contributed by atoms with Crippen molar-refractivity contribution in [1.29, 1.82) is 0 Å². The van der Waals surface area contributed by atoms with Gasteiger partial charge >= 0.3 is 0 Å². The maximum Gasteiger partial charge on any atom is 0.276 e. The number of nitrogens with one attached hydrogen (secondary N) is 3. The van der Waals surface area contributed by atoms with Gasteiger partial charge < -0.3 is 16.0 Å². The zero-order chi connectivity index (χ0) is 17.8. The van der Waals surface area contributed by atoms with Crippen LogP contribution >= 0.6 is 24.0 Å². The maximum atomic E-state index is 12.5. The second-order valence-corrected chi connectivity index (χ2v) is 6.44. The average Bonchev–Trinajstić information content (AvgIpc) is 3.08. The lowest BCUT2D eigenvalue weighted by Gasteiger charge is -2.22. The molecule has 0 radical (unpaired) electrons. The van der Waals surface area contributed by atoms with E-state index in [2.05, 4.69) is 21.0 Å². The quantitative estimate of drug-likeness (QED) is 0.739. The standard InChI is InChI=1S/C17H20ClN5O2.ClH/c1-11(24)20-16-9-12(18)4-5-14(16)21-17(25)15-6-8-23(22-15)13-3-2-7-19-10-13;/h4-6,8-9,13,19H,2-3,7,10H2,1H3,(H,20,24)(H,21,25);1H. The number of anilines is 2. The van der Waals surface area contributed by atoms with E-state index in [9.17, 15) is 9.59 Å². The van der Waals surface area contributed by atoms with E-state index in [0.29, 0.717) is 22.1 Å². The number of amides is 2. The molecule has 0 saturated carbocycles. The molecule has 26 heavy (non-hydrogen) atoms. The highest BCUT2D eigenvalue weighted by molar-refractivity contribution is 6.31. The molecule has 1 saturated heterocycles. The highest BCUT2D eigenvalue weighted by Gasteiger charge is 2.18. The number of carbonyl (C=O) groups excluding carboxylic acids is 2. The number of hydrogen-bond donors (Lipinski definition) is 3. The number of piperidine rings is 1. The molecule has 1 aliphatic heterocycles. The van der Waals surface area contributed by atoms with Crippen LogP contribution in [0.1, 0.15) is 36.3 Å². The van der Waals surface area contributed by atoms with Gasteiger partial charge in [0.2, 0.25) is 5.91 Å². The minimum atomic E-state index is -0.337. The van der Waals surface area contributed by atoms with Gasteiger partial charge in [-0.2, -0.15) is 5.10 Å². The molecule has 0 spiro atoms. The molecule has 1 unspecified atom stereocenters. The monoisotopic (exact) mass is 397 g/mol. The Balaban J connectivity index is 0.00000243. The van der Waals surface area contributed by atoms with Crippen molar-refractivity contribution in [3.63, 3.8) is 0 Å². The molecule has 0 aliphatic carbocycles. The van der Waals surface area contributed by atoms with Crippen molar-refractivity contribution >= 4 is 47.2 Å². The van der Waals surface area contributed by atoms with Gasteiger partial charge in [0.15, 0.2) is 5.69 Å². The van der Waals surface area contributed by atoms with Crippen molar-refractivity contribution in [2.45, 2.75) is 25.8 Å².